The molecule has 1 aliphatic rings. The van der Waals surface area contributed by atoms with Gasteiger partial charge in [-0.2, -0.15) is 0 Å². The molecule has 1 aliphatic heterocycles. The molecule has 1 aromatic rings. The molecule has 0 bridgehead atoms. The Morgan fingerprint density at radius 2 is 2.35 bits per heavy atom. The number of thioether (sulfide) groups is 1. The summed E-state index contributed by atoms with van der Waals surface area (Å²) in [6.07, 6.45) is 3.10. The maximum Gasteiger partial charge on any atom is 0.291 e. The molecule has 0 saturated carbocycles. The third-order valence-corrected chi connectivity index (χ3v) is 3.35. The number of carbonyl (C=O) groups is 2. The number of nitrogens with one attached hydrogen (secondary N) is 1. The lowest BCUT2D eigenvalue weighted by atomic mass is 10.4. The summed E-state index contributed by atoms with van der Waals surface area (Å²) in [5, 5.41) is -0.124. The van der Waals surface area contributed by atoms with Crippen molar-refractivity contribution in [1.82, 2.24) is 9.97 Å². The van der Waals surface area contributed by atoms with Crippen LogP contribution in [0.25, 0.3) is 0 Å². The van der Waals surface area contributed by atoms with Crippen molar-refractivity contribution in [3.05, 3.63) is 22.7 Å². The van der Waals surface area contributed by atoms with Gasteiger partial charge in [-0.1, -0.05) is 11.8 Å². The van der Waals surface area contributed by atoms with Gasteiger partial charge in [0.1, 0.15) is 0 Å². The quantitative estimate of drug-likeness (QED) is 0.811. The highest BCUT2D eigenvalue weighted by Crippen LogP contribution is 2.25. The van der Waals surface area contributed by atoms with E-state index in [9.17, 15) is 14.4 Å². The van der Waals surface area contributed by atoms with Crippen LogP contribution in [0.5, 0.6) is 0 Å². The lowest BCUT2D eigenvalue weighted by molar-refractivity contribution is -0.117. The Labute approximate surface area is 101 Å². The van der Waals surface area contributed by atoms with E-state index in [0.717, 1.165) is 11.8 Å². The predicted molar refractivity (Wildman–Crippen MR) is 63.9 cm³/mol. The fraction of sp³-hybridized carbons (Fsp3) is 0.400. The minimum Gasteiger partial charge on any atom is -0.324 e. The van der Waals surface area contributed by atoms with Crippen LogP contribution in [0.4, 0.5) is 5.82 Å². The number of nitrogens with zero attached hydrogens (tertiary/aromatic N) is 2. The van der Waals surface area contributed by atoms with Crippen molar-refractivity contribution < 1.29 is 9.59 Å². The van der Waals surface area contributed by atoms with Crippen molar-refractivity contribution in [2.24, 2.45) is 0 Å². The molecule has 1 aromatic heterocycles. The van der Waals surface area contributed by atoms with Crippen LogP contribution in [0, 0.1) is 0 Å². The molecule has 1 saturated heterocycles. The lowest BCUT2D eigenvalue weighted by Gasteiger charge is -2.13. The number of amides is 1. The molecule has 2 rings (SSSR count). The van der Waals surface area contributed by atoms with Gasteiger partial charge in [0.2, 0.25) is 11.7 Å². The van der Waals surface area contributed by atoms with E-state index in [1.54, 1.807) is 0 Å². The van der Waals surface area contributed by atoms with Crippen molar-refractivity contribution in [3.63, 3.8) is 0 Å². The Hall–Kier alpha value is -1.63. The van der Waals surface area contributed by atoms with Gasteiger partial charge in [-0.15, -0.1) is 0 Å². The van der Waals surface area contributed by atoms with Crippen molar-refractivity contribution in [2.45, 2.75) is 18.6 Å². The van der Waals surface area contributed by atoms with Gasteiger partial charge in [0, 0.05) is 37.5 Å². The van der Waals surface area contributed by atoms with Crippen molar-refractivity contribution >= 4 is 28.6 Å². The highest BCUT2D eigenvalue weighted by Gasteiger charge is 2.33. The minimum atomic E-state index is -0.394. The van der Waals surface area contributed by atoms with Crippen LogP contribution in [-0.4, -0.2) is 32.8 Å². The van der Waals surface area contributed by atoms with Crippen molar-refractivity contribution in [2.75, 3.05) is 11.4 Å². The molecule has 1 amide bonds. The summed E-state index contributed by atoms with van der Waals surface area (Å²) in [7, 11) is 0. The highest BCUT2D eigenvalue weighted by atomic mass is 32.2. The van der Waals surface area contributed by atoms with Crippen LogP contribution in [0.3, 0.4) is 0 Å². The lowest BCUT2D eigenvalue weighted by Crippen LogP contribution is -2.31. The first kappa shape index (κ1) is 11.8. The van der Waals surface area contributed by atoms with Crippen LogP contribution >= 0.6 is 11.8 Å². The fourth-order valence-corrected chi connectivity index (χ4v) is 2.65. The van der Waals surface area contributed by atoms with Gasteiger partial charge in [0.05, 0.1) is 0 Å². The Kier molecular flexibility index (Phi) is 3.28. The van der Waals surface area contributed by atoms with E-state index in [1.807, 2.05) is 0 Å². The zero-order valence-electron chi connectivity index (χ0n) is 9.17. The largest absolute Gasteiger partial charge is 0.324 e. The van der Waals surface area contributed by atoms with Crippen molar-refractivity contribution in [3.8, 4) is 0 Å². The summed E-state index contributed by atoms with van der Waals surface area (Å²) in [4.78, 5) is 41.9. The van der Waals surface area contributed by atoms with E-state index >= 15 is 0 Å². The molecule has 0 aliphatic carbocycles. The third-order valence-electron chi connectivity index (χ3n) is 2.37. The molecule has 1 N–H and O–H groups in total. The van der Waals surface area contributed by atoms with Crippen molar-refractivity contribution in [1.29, 1.82) is 0 Å². The minimum absolute atomic E-state index is 0.0282. The summed E-state index contributed by atoms with van der Waals surface area (Å²) < 4.78 is 0. The first-order chi connectivity index (χ1) is 8.08. The Bertz CT molecular complexity index is 514. The third kappa shape index (κ3) is 2.55. The number of aromatic nitrogens is 2. The topological polar surface area (TPSA) is 83.1 Å². The second-order valence-electron chi connectivity index (χ2n) is 3.68. The number of rotatable bonds is 2. The maximum absolute atomic E-state index is 11.7. The Morgan fingerprint density at radius 1 is 1.59 bits per heavy atom. The smallest absolute Gasteiger partial charge is 0.291 e. The molecule has 0 aromatic carbocycles. The van der Waals surface area contributed by atoms with Crippen LogP contribution in [0.2, 0.25) is 0 Å². The van der Waals surface area contributed by atoms with Gasteiger partial charge >= 0.3 is 0 Å². The zero-order chi connectivity index (χ0) is 12.4. The summed E-state index contributed by atoms with van der Waals surface area (Å²) in [6.45, 7) is 1.81. The average molecular weight is 253 g/mol. The van der Waals surface area contributed by atoms with E-state index < -0.39 is 5.56 Å². The van der Waals surface area contributed by atoms with Gasteiger partial charge in [0.15, 0.2) is 5.12 Å². The summed E-state index contributed by atoms with van der Waals surface area (Å²) >= 11 is 1.13. The number of anilines is 1. The van der Waals surface area contributed by atoms with Gasteiger partial charge in [-0.3, -0.25) is 19.3 Å². The average Bonchev–Trinajstić information content (AvgIpc) is 2.59. The summed E-state index contributed by atoms with van der Waals surface area (Å²) in [5.74, 6) is -0.0721. The molecule has 1 atom stereocenters. The maximum atomic E-state index is 11.7. The number of carbonyl (C=O) groups excluding carboxylic acids is 2. The van der Waals surface area contributed by atoms with E-state index in [2.05, 4.69) is 9.97 Å². The Morgan fingerprint density at radius 3 is 3.00 bits per heavy atom. The van der Waals surface area contributed by atoms with Gasteiger partial charge < -0.3 is 4.98 Å². The number of hydrogen-bond donors (Lipinski definition) is 1. The molecule has 17 heavy (non-hydrogen) atoms. The molecule has 2 heterocycles. The van der Waals surface area contributed by atoms with Gasteiger partial charge in [-0.05, 0) is 0 Å². The van der Waals surface area contributed by atoms with E-state index in [-0.39, 0.29) is 28.5 Å². The van der Waals surface area contributed by atoms with Crippen LogP contribution in [0.15, 0.2) is 17.2 Å². The monoisotopic (exact) mass is 253 g/mol. The molecular formula is C10H11N3O3S. The first-order valence-corrected chi connectivity index (χ1v) is 5.97. The number of hydrogen-bond acceptors (Lipinski definition) is 5. The highest BCUT2D eigenvalue weighted by molar-refractivity contribution is 8.14. The first-order valence-electron chi connectivity index (χ1n) is 5.09. The number of aromatic amines is 1. The SMILES string of the molecule is CC(=O)SC1CC(=O)N(c2ncc[nH]c2=O)C1. The molecule has 1 fully saturated rings. The Balaban J connectivity index is 2.19. The van der Waals surface area contributed by atoms with Crippen LogP contribution in [0.1, 0.15) is 13.3 Å². The molecule has 1 unspecified atom stereocenters. The second-order valence-corrected chi connectivity index (χ2v) is 5.16. The van der Waals surface area contributed by atoms with E-state index in [0.29, 0.717) is 6.54 Å². The standard InChI is InChI=1S/C10H11N3O3S/c1-6(14)17-7-4-8(15)13(5-7)9-10(16)12-3-2-11-9/h2-3,7H,4-5H2,1H3,(H,12,16). The molecule has 6 nitrogen and oxygen atoms in total. The normalized spacial score (nSPS) is 19.7. The van der Waals surface area contributed by atoms with E-state index in [1.165, 1.54) is 24.2 Å². The van der Waals surface area contributed by atoms with Crippen LogP contribution < -0.4 is 10.5 Å². The van der Waals surface area contributed by atoms with Gasteiger partial charge in [-0.25, -0.2) is 4.98 Å². The second kappa shape index (κ2) is 4.70. The van der Waals surface area contributed by atoms with E-state index in [4.69, 9.17) is 0 Å². The molecular weight excluding hydrogens is 242 g/mol. The number of H-pyrrole nitrogens is 1. The molecule has 0 spiro atoms. The zero-order valence-corrected chi connectivity index (χ0v) is 9.99. The molecule has 90 valence electrons. The predicted octanol–water partition coefficient (Wildman–Crippen LogP) is 0.155. The summed E-state index contributed by atoms with van der Waals surface area (Å²) in [6, 6.07) is 0. The summed E-state index contributed by atoms with van der Waals surface area (Å²) in [5.41, 5.74) is -0.394. The van der Waals surface area contributed by atoms with Crippen LogP contribution in [-0.2, 0) is 9.59 Å². The van der Waals surface area contributed by atoms with Gasteiger partial charge in [0.25, 0.3) is 5.56 Å². The molecule has 7 heteroatoms. The fourth-order valence-electron chi connectivity index (χ4n) is 1.73. The molecule has 0 radical (unpaired) electrons.